The second kappa shape index (κ2) is 8.42. The molecule has 1 atom stereocenters. The van der Waals surface area contributed by atoms with Gasteiger partial charge < -0.3 is 15.4 Å². The van der Waals surface area contributed by atoms with Crippen LogP contribution in [0.1, 0.15) is 41.6 Å². The molecule has 1 unspecified atom stereocenters. The van der Waals surface area contributed by atoms with Gasteiger partial charge in [-0.25, -0.2) is 9.37 Å². The molecule has 152 valence electrons. The lowest BCUT2D eigenvalue weighted by atomic mass is 9.97. The number of halogens is 1. The van der Waals surface area contributed by atoms with Crippen LogP contribution < -0.4 is 15.4 Å². The number of nitrogens with one attached hydrogen (secondary N) is 2. The summed E-state index contributed by atoms with van der Waals surface area (Å²) in [4.78, 5) is 9.48. The summed E-state index contributed by atoms with van der Waals surface area (Å²) in [6.45, 7) is 1.79. The summed E-state index contributed by atoms with van der Waals surface area (Å²) in [5.74, 6) is 7.81. The van der Waals surface area contributed by atoms with Gasteiger partial charge in [-0.15, -0.1) is 5.92 Å². The van der Waals surface area contributed by atoms with Gasteiger partial charge in [-0.3, -0.25) is 0 Å². The van der Waals surface area contributed by atoms with Gasteiger partial charge in [-0.05, 0) is 49.6 Å². The Labute approximate surface area is 175 Å². The number of benzene rings is 2. The van der Waals surface area contributed by atoms with E-state index in [1.807, 2.05) is 37.4 Å². The highest BCUT2D eigenvalue weighted by atomic mass is 19.1. The zero-order chi connectivity index (χ0) is 21.1. The van der Waals surface area contributed by atoms with Crippen LogP contribution in [0.15, 0.2) is 42.5 Å². The van der Waals surface area contributed by atoms with E-state index < -0.39 is 0 Å². The van der Waals surface area contributed by atoms with Gasteiger partial charge in [0, 0.05) is 30.3 Å². The Hall–Kier alpha value is -3.59. The smallest absolute Gasteiger partial charge is 0.229 e. The molecule has 1 aromatic heterocycles. The molecule has 0 aliphatic heterocycles. The molecule has 4 rings (SSSR count). The van der Waals surface area contributed by atoms with E-state index in [0.29, 0.717) is 11.7 Å². The normalized spacial score (nSPS) is 14.5. The first-order valence-corrected chi connectivity index (χ1v) is 9.84. The van der Waals surface area contributed by atoms with Crippen LogP contribution in [0, 0.1) is 17.7 Å². The third kappa shape index (κ3) is 3.79. The van der Waals surface area contributed by atoms with Gasteiger partial charge in [-0.1, -0.05) is 18.1 Å². The van der Waals surface area contributed by atoms with Crippen LogP contribution in [0.5, 0.6) is 5.75 Å². The van der Waals surface area contributed by atoms with E-state index in [2.05, 4.69) is 27.5 Å². The third-order valence-corrected chi connectivity index (χ3v) is 5.28. The van der Waals surface area contributed by atoms with E-state index in [-0.39, 0.29) is 11.7 Å². The van der Waals surface area contributed by atoms with E-state index in [1.54, 1.807) is 14.0 Å². The van der Waals surface area contributed by atoms with Gasteiger partial charge in [0.15, 0.2) is 0 Å². The van der Waals surface area contributed by atoms with Crippen molar-refractivity contribution in [1.29, 1.82) is 0 Å². The van der Waals surface area contributed by atoms with Gasteiger partial charge in [0.2, 0.25) is 5.95 Å². The molecule has 2 N–H and O–H groups in total. The van der Waals surface area contributed by atoms with Crippen molar-refractivity contribution in [3.8, 4) is 17.6 Å². The van der Waals surface area contributed by atoms with Crippen molar-refractivity contribution in [1.82, 2.24) is 9.97 Å². The second-order valence-electron chi connectivity index (χ2n) is 7.07. The second-order valence-corrected chi connectivity index (χ2v) is 7.07. The average Bonchev–Trinajstić information content (AvgIpc) is 3.19. The standard InChI is InChI=1S/C24H23FN4O/c1-4-5-16-8-11-18(14-21(16)30-3)27-24-28-22-19(15-6-9-17(25)10-7-15)12-13-20(22)23(26-2)29-24/h6-11,14,19H,12-13H2,1-3H3,(H2,26,27,28,29). The summed E-state index contributed by atoms with van der Waals surface area (Å²) in [5, 5.41) is 6.47. The van der Waals surface area contributed by atoms with Gasteiger partial charge >= 0.3 is 0 Å². The molecule has 1 aliphatic rings. The largest absolute Gasteiger partial charge is 0.495 e. The SMILES string of the molecule is CC#Cc1ccc(Nc2nc(NC)c3c(n2)C(c2ccc(F)cc2)CC3)cc1OC. The Morgan fingerprint density at radius 1 is 1.13 bits per heavy atom. The van der Waals surface area contributed by atoms with Crippen LogP contribution in [0.4, 0.5) is 21.8 Å². The first-order chi connectivity index (χ1) is 14.6. The lowest BCUT2D eigenvalue weighted by Crippen LogP contribution is -2.08. The molecule has 1 heterocycles. The van der Waals surface area contributed by atoms with Gasteiger partial charge in [0.25, 0.3) is 0 Å². The molecule has 2 aromatic carbocycles. The molecule has 0 amide bonds. The Balaban J connectivity index is 1.69. The third-order valence-electron chi connectivity index (χ3n) is 5.28. The summed E-state index contributed by atoms with van der Waals surface area (Å²) in [6, 6.07) is 12.4. The Morgan fingerprint density at radius 2 is 1.93 bits per heavy atom. The number of aromatic nitrogens is 2. The first kappa shape index (κ1) is 19.7. The highest BCUT2D eigenvalue weighted by Crippen LogP contribution is 2.40. The Kier molecular flexibility index (Phi) is 5.53. The fraction of sp³-hybridized carbons (Fsp3) is 0.250. The molecule has 3 aromatic rings. The maximum absolute atomic E-state index is 13.4. The van der Waals surface area contributed by atoms with E-state index in [9.17, 15) is 4.39 Å². The van der Waals surface area contributed by atoms with Crippen molar-refractivity contribution in [2.24, 2.45) is 0 Å². The van der Waals surface area contributed by atoms with E-state index in [0.717, 1.165) is 46.7 Å². The van der Waals surface area contributed by atoms with Gasteiger partial charge in [-0.2, -0.15) is 4.98 Å². The van der Waals surface area contributed by atoms with Gasteiger partial charge in [0.1, 0.15) is 17.4 Å². The van der Waals surface area contributed by atoms with Crippen LogP contribution in [0.25, 0.3) is 0 Å². The lowest BCUT2D eigenvalue weighted by molar-refractivity contribution is 0.414. The molecule has 0 spiro atoms. The van der Waals surface area contributed by atoms with Crippen molar-refractivity contribution < 1.29 is 9.13 Å². The molecule has 0 bridgehead atoms. The summed E-state index contributed by atoms with van der Waals surface area (Å²) in [7, 11) is 3.48. The molecular formula is C24H23FN4O. The van der Waals surface area contributed by atoms with Crippen molar-refractivity contribution >= 4 is 17.5 Å². The molecule has 0 saturated heterocycles. The van der Waals surface area contributed by atoms with E-state index in [4.69, 9.17) is 9.72 Å². The van der Waals surface area contributed by atoms with E-state index in [1.165, 1.54) is 12.1 Å². The number of rotatable bonds is 5. The lowest BCUT2D eigenvalue weighted by Gasteiger charge is -2.15. The maximum atomic E-state index is 13.4. The number of methoxy groups -OCH3 is 1. The molecule has 30 heavy (non-hydrogen) atoms. The summed E-state index contributed by atoms with van der Waals surface area (Å²) >= 11 is 0. The minimum absolute atomic E-state index is 0.119. The zero-order valence-corrected chi connectivity index (χ0v) is 17.2. The minimum Gasteiger partial charge on any atom is -0.495 e. The van der Waals surface area contributed by atoms with Crippen LogP contribution >= 0.6 is 0 Å². The van der Waals surface area contributed by atoms with Crippen molar-refractivity contribution in [2.75, 3.05) is 24.8 Å². The van der Waals surface area contributed by atoms with Crippen molar-refractivity contribution in [2.45, 2.75) is 25.7 Å². The van der Waals surface area contributed by atoms with Crippen molar-refractivity contribution in [3.05, 3.63) is 70.7 Å². The van der Waals surface area contributed by atoms with E-state index >= 15 is 0 Å². The van der Waals surface area contributed by atoms with Crippen LogP contribution in [-0.4, -0.2) is 24.1 Å². The molecule has 0 radical (unpaired) electrons. The molecule has 0 fully saturated rings. The predicted octanol–water partition coefficient (Wildman–Crippen LogP) is 4.86. The monoisotopic (exact) mass is 402 g/mol. The first-order valence-electron chi connectivity index (χ1n) is 9.84. The molecular weight excluding hydrogens is 379 g/mol. The summed E-state index contributed by atoms with van der Waals surface area (Å²) < 4.78 is 18.8. The maximum Gasteiger partial charge on any atom is 0.229 e. The van der Waals surface area contributed by atoms with Crippen molar-refractivity contribution in [3.63, 3.8) is 0 Å². The fourth-order valence-corrected chi connectivity index (χ4v) is 3.88. The number of nitrogens with zero attached hydrogens (tertiary/aromatic N) is 2. The number of anilines is 3. The summed E-state index contributed by atoms with van der Waals surface area (Å²) in [6.07, 6.45) is 1.80. The molecule has 1 aliphatic carbocycles. The Bertz CT molecular complexity index is 1130. The average molecular weight is 402 g/mol. The van der Waals surface area contributed by atoms with Crippen LogP contribution in [-0.2, 0) is 6.42 Å². The van der Waals surface area contributed by atoms with Crippen LogP contribution in [0.3, 0.4) is 0 Å². The predicted molar refractivity (Wildman–Crippen MR) is 117 cm³/mol. The Morgan fingerprint density at radius 3 is 2.63 bits per heavy atom. The minimum atomic E-state index is -0.233. The highest BCUT2D eigenvalue weighted by Gasteiger charge is 2.29. The summed E-state index contributed by atoms with van der Waals surface area (Å²) in [5.41, 5.74) is 4.79. The van der Waals surface area contributed by atoms with Crippen LogP contribution in [0.2, 0.25) is 0 Å². The molecule has 0 saturated carbocycles. The quantitative estimate of drug-likeness (QED) is 0.597. The molecule has 6 heteroatoms. The number of fused-ring (bicyclic) bond motifs is 1. The fourth-order valence-electron chi connectivity index (χ4n) is 3.88. The highest BCUT2D eigenvalue weighted by molar-refractivity contribution is 5.63. The van der Waals surface area contributed by atoms with Gasteiger partial charge in [0.05, 0.1) is 18.4 Å². The molecule has 5 nitrogen and oxygen atoms in total. The zero-order valence-electron chi connectivity index (χ0n) is 17.2. The number of hydrogen-bond acceptors (Lipinski definition) is 5. The number of hydrogen-bond donors (Lipinski definition) is 2. The number of ether oxygens (including phenoxy) is 1. The topological polar surface area (TPSA) is 59.1 Å².